The highest BCUT2D eigenvalue weighted by Crippen LogP contribution is 2.40. The molecule has 0 aliphatic heterocycles. The Morgan fingerprint density at radius 2 is 1.95 bits per heavy atom. The van der Waals surface area contributed by atoms with Gasteiger partial charge in [-0.3, -0.25) is 11.3 Å². The van der Waals surface area contributed by atoms with Crippen molar-refractivity contribution in [3.8, 4) is 0 Å². The molecule has 2 rings (SSSR count). The van der Waals surface area contributed by atoms with Crippen LogP contribution in [0, 0.1) is 11.8 Å². The Kier molecular flexibility index (Phi) is 5.41. The van der Waals surface area contributed by atoms with Crippen molar-refractivity contribution in [2.75, 3.05) is 0 Å². The zero-order valence-corrected chi connectivity index (χ0v) is 12.4. The summed E-state index contributed by atoms with van der Waals surface area (Å²) >= 11 is 0. The molecule has 3 unspecified atom stereocenters. The van der Waals surface area contributed by atoms with E-state index in [1.165, 1.54) is 49.7 Å². The Balaban J connectivity index is 2.04. The Bertz CT molecular complexity index is 371. The van der Waals surface area contributed by atoms with Crippen molar-refractivity contribution in [3.05, 3.63) is 35.4 Å². The highest BCUT2D eigenvalue weighted by atomic mass is 15.2. The van der Waals surface area contributed by atoms with E-state index < -0.39 is 0 Å². The van der Waals surface area contributed by atoms with Crippen LogP contribution in [0.2, 0.25) is 0 Å². The number of nitrogens with one attached hydrogen (secondary N) is 1. The van der Waals surface area contributed by atoms with E-state index in [9.17, 15) is 0 Å². The average molecular weight is 260 g/mol. The van der Waals surface area contributed by atoms with Crippen LogP contribution in [-0.4, -0.2) is 0 Å². The van der Waals surface area contributed by atoms with E-state index in [4.69, 9.17) is 5.84 Å². The van der Waals surface area contributed by atoms with Gasteiger partial charge in [0.25, 0.3) is 0 Å². The summed E-state index contributed by atoms with van der Waals surface area (Å²) in [5.74, 6) is 7.42. The monoisotopic (exact) mass is 260 g/mol. The van der Waals surface area contributed by atoms with Crippen molar-refractivity contribution in [3.63, 3.8) is 0 Å². The average Bonchev–Trinajstić information content (AvgIpc) is 2.91. The summed E-state index contributed by atoms with van der Waals surface area (Å²) in [7, 11) is 0. The minimum Gasteiger partial charge on any atom is -0.271 e. The maximum Gasteiger partial charge on any atom is 0.0488 e. The number of nitrogens with two attached hydrogens (primary N) is 1. The predicted octanol–water partition coefficient (Wildman–Crippen LogP) is 3.97. The Hall–Kier alpha value is -0.860. The number of aryl methyl sites for hydroxylation is 1. The van der Waals surface area contributed by atoms with Crippen LogP contribution < -0.4 is 11.3 Å². The van der Waals surface area contributed by atoms with Crippen LogP contribution in [-0.2, 0) is 6.42 Å². The van der Waals surface area contributed by atoms with Gasteiger partial charge in [0, 0.05) is 6.04 Å². The molecule has 1 aromatic rings. The summed E-state index contributed by atoms with van der Waals surface area (Å²) in [6.07, 6.45) is 7.68. The summed E-state index contributed by atoms with van der Waals surface area (Å²) in [5.41, 5.74) is 5.84. The van der Waals surface area contributed by atoms with Crippen LogP contribution in [0.15, 0.2) is 24.3 Å². The van der Waals surface area contributed by atoms with E-state index >= 15 is 0 Å². The molecule has 0 radical (unpaired) electrons. The van der Waals surface area contributed by atoms with Gasteiger partial charge in [0.1, 0.15) is 0 Å². The van der Waals surface area contributed by atoms with E-state index in [1.54, 1.807) is 0 Å². The Labute approximate surface area is 117 Å². The summed E-state index contributed by atoms with van der Waals surface area (Å²) in [6.45, 7) is 4.53. The molecule has 3 atom stereocenters. The summed E-state index contributed by atoms with van der Waals surface area (Å²) in [6, 6.07) is 9.36. The Morgan fingerprint density at radius 1 is 1.21 bits per heavy atom. The fraction of sp³-hybridized carbons (Fsp3) is 0.647. The topological polar surface area (TPSA) is 38.0 Å². The van der Waals surface area contributed by atoms with Gasteiger partial charge in [-0.1, -0.05) is 57.4 Å². The lowest BCUT2D eigenvalue weighted by Gasteiger charge is -2.23. The van der Waals surface area contributed by atoms with Crippen molar-refractivity contribution in [1.82, 2.24) is 5.43 Å². The maximum absolute atomic E-state index is 5.82. The molecule has 3 N–H and O–H groups in total. The number of hydrogen-bond acceptors (Lipinski definition) is 2. The van der Waals surface area contributed by atoms with Crippen LogP contribution in [0.3, 0.4) is 0 Å². The van der Waals surface area contributed by atoms with E-state index in [0.29, 0.717) is 12.0 Å². The molecule has 2 nitrogen and oxygen atoms in total. The smallest absolute Gasteiger partial charge is 0.0488 e. The second kappa shape index (κ2) is 7.06. The van der Waals surface area contributed by atoms with Gasteiger partial charge >= 0.3 is 0 Å². The van der Waals surface area contributed by atoms with Crippen molar-refractivity contribution in [1.29, 1.82) is 0 Å². The van der Waals surface area contributed by atoms with E-state index in [0.717, 1.165) is 5.92 Å². The van der Waals surface area contributed by atoms with E-state index in [2.05, 4.69) is 43.5 Å². The van der Waals surface area contributed by atoms with Crippen molar-refractivity contribution < 1.29 is 0 Å². The van der Waals surface area contributed by atoms with Gasteiger partial charge in [-0.15, -0.1) is 0 Å². The molecule has 1 aliphatic rings. The third-order valence-electron chi connectivity index (χ3n) is 4.69. The minimum atomic E-state index is 0.326. The fourth-order valence-corrected chi connectivity index (χ4v) is 3.47. The van der Waals surface area contributed by atoms with Crippen LogP contribution in [0.4, 0.5) is 0 Å². The molecule has 0 heterocycles. The molecule has 0 aromatic heterocycles. The molecule has 1 saturated carbocycles. The second-order valence-corrected chi connectivity index (χ2v) is 5.98. The van der Waals surface area contributed by atoms with Crippen molar-refractivity contribution in [2.45, 2.75) is 58.4 Å². The molecule has 0 saturated heterocycles. The highest BCUT2D eigenvalue weighted by molar-refractivity contribution is 5.25. The zero-order chi connectivity index (χ0) is 13.7. The third-order valence-corrected chi connectivity index (χ3v) is 4.69. The van der Waals surface area contributed by atoms with Crippen LogP contribution in [0.25, 0.3) is 0 Å². The number of hydrazine groups is 1. The largest absolute Gasteiger partial charge is 0.271 e. The van der Waals surface area contributed by atoms with Gasteiger partial charge in [-0.25, -0.2) is 0 Å². The van der Waals surface area contributed by atoms with Crippen molar-refractivity contribution in [2.24, 2.45) is 17.7 Å². The first kappa shape index (κ1) is 14.5. The molecule has 1 aliphatic carbocycles. The molecular weight excluding hydrogens is 232 g/mol. The predicted molar refractivity (Wildman–Crippen MR) is 81.6 cm³/mol. The van der Waals surface area contributed by atoms with E-state index in [1.807, 2.05) is 0 Å². The van der Waals surface area contributed by atoms with Gasteiger partial charge in [0.15, 0.2) is 0 Å². The normalized spacial score (nSPS) is 24.6. The molecule has 2 heteroatoms. The molecule has 19 heavy (non-hydrogen) atoms. The lowest BCUT2D eigenvalue weighted by atomic mass is 9.90. The molecule has 1 fully saturated rings. The quantitative estimate of drug-likeness (QED) is 0.600. The summed E-state index contributed by atoms with van der Waals surface area (Å²) < 4.78 is 0. The first-order chi connectivity index (χ1) is 9.28. The van der Waals surface area contributed by atoms with E-state index in [-0.39, 0.29) is 0 Å². The molecule has 0 amide bonds. The third kappa shape index (κ3) is 3.58. The SMILES string of the molecule is CCCc1ccc(C(NN)C2CCC(CC)C2)cc1. The van der Waals surface area contributed by atoms with Crippen LogP contribution in [0.1, 0.15) is 63.1 Å². The lowest BCUT2D eigenvalue weighted by Crippen LogP contribution is -2.32. The molecule has 106 valence electrons. The number of hydrogen-bond donors (Lipinski definition) is 2. The molecule has 0 spiro atoms. The summed E-state index contributed by atoms with van der Waals surface area (Å²) in [4.78, 5) is 0. The van der Waals surface area contributed by atoms with Gasteiger partial charge < -0.3 is 0 Å². The van der Waals surface area contributed by atoms with Crippen LogP contribution in [0.5, 0.6) is 0 Å². The van der Waals surface area contributed by atoms with Crippen molar-refractivity contribution >= 4 is 0 Å². The maximum atomic E-state index is 5.82. The number of rotatable bonds is 6. The molecular formula is C17H28N2. The van der Waals surface area contributed by atoms with Gasteiger partial charge in [0.05, 0.1) is 0 Å². The number of benzene rings is 1. The molecule has 0 bridgehead atoms. The molecule has 1 aromatic carbocycles. The Morgan fingerprint density at radius 3 is 2.47 bits per heavy atom. The minimum absolute atomic E-state index is 0.326. The van der Waals surface area contributed by atoms with Gasteiger partial charge in [0.2, 0.25) is 0 Å². The van der Waals surface area contributed by atoms with Crippen LogP contribution >= 0.6 is 0 Å². The summed E-state index contributed by atoms with van der Waals surface area (Å²) in [5, 5.41) is 0. The lowest BCUT2D eigenvalue weighted by molar-refractivity contribution is 0.358. The fourth-order valence-electron chi connectivity index (χ4n) is 3.47. The first-order valence-corrected chi connectivity index (χ1v) is 7.83. The highest BCUT2D eigenvalue weighted by Gasteiger charge is 2.30. The van der Waals surface area contributed by atoms with Gasteiger partial charge in [-0.05, 0) is 42.2 Å². The zero-order valence-electron chi connectivity index (χ0n) is 12.4. The second-order valence-electron chi connectivity index (χ2n) is 5.98. The first-order valence-electron chi connectivity index (χ1n) is 7.83. The standard InChI is InChI=1S/C17H28N2/c1-3-5-14-7-9-15(10-8-14)17(19-18)16-11-6-13(4-2)12-16/h7-10,13,16-17,19H,3-6,11-12,18H2,1-2H3. The van der Waals surface area contributed by atoms with Gasteiger partial charge in [-0.2, -0.15) is 0 Å².